The Hall–Kier alpha value is -3.60. The highest BCUT2D eigenvalue weighted by molar-refractivity contribution is 6.31. The normalized spacial score (nSPS) is 13.6. The molecule has 0 heterocycles. The topological polar surface area (TPSA) is 86.6 Å². The number of benzene rings is 3. The summed E-state index contributed by atoms with van der Waals surface area (Å²) in [5.74, 6) is -1.44. The molecule has 3 N–H and O–H groups in total. The fourth-order valence-corrected chi connectivity index (χ4v) is 3.69. The first-order chi connectivity index (χ1) is 13.5. The first-order valence-corrected chi connectivity index (χ1v) is 9.05. The third kappa shape index (κ3) is 2.91. The van der Waals surface area contributed by atoms with Gasteiger partial charge in [0.25, 0.3) is 0 Å². The summed E-state index contributed by atoms with van der Waals surface area (Å²) in [4.78, 5) is 26.0. The van der Waals surface area contributed by atoms with E-state index in [-0.39, 0.29) is 39.8 Å². The molecule has 28 heavy (non-hydrogen) atoms. The van der Waals surface area contributed by atoms with Crippen LogP contribution in [0.1, 0.15) is 44.3 Å². The summed E-state index contributed by atoms with van der Waals surface area (Å²) >= 11 is 0. The van der Waals surface area contributed by atoms with Crippen molar-refractivity contribution in [1.29, 1.82) is 0 Å². The lowest BCUT2D eigenvalue weighted by molar-refractivity contribution is 0.0975. The maximum absolute atomic E-state index is 13.1. The van der Waals surface area contributed by atoms with Crippen molar-refractivity contribution in [3.8, 4) is 11.5 Å². The van der Waals surface area contributed by atoms with Crippen LogP contribution in [0.4, 0.5) is 5.69 Å². The summed E-state index contributed by atoms with van der Waals surface area (Å²) < 4.78 is 0. The summed E-state index contributed by atoms with van der Waals surface area (Å²) in [5.41, 5.74) is 1.74. The number of hydrogen-bond acceptors (Lipinski definition) is 5. The molecule has 0 bridgehead atoms. The summed E-state index contributed by atoms with van der Waals surface area (Å²) in [6.07, 6.45) is 0.723. The van der Waals surface area contributed by atoms with Crippen LogP contribution in [0, 0.1) is 0 Å². The van der Waals surface area contributed by atoms with Crippen LogP contribution in [0.15, 0.2) is 60.7 Å². The molecule has 0 unspecified atom stereocenters. The molecule has 5 nitrogen and oxygen atoms in total. The molecule has 1 aliphatic rings. The van der Waals surface area contributed by atoms with E-state index in [4.69, 9.17) is 0 Å². The van der Waals surface area contributed by atoms with Gasteiger partial charge in [-0.15, -0.1) is 0 Å². The van der Waals surface area contributed by atoms with Gasteiger partial charge in [0.2, 0.25) is 0 Å². The van der Waals surface area contributed by atoms with Crippen LogP contribution in [0.25, 0.3) is 0 Å². The molecule has 0 spiro atoms. The predicted octanol–water partition coefficient (Wildman–Crippen LogP) is 3.92. The molecule has 0 radical (unpaired) electrons. The summed E-state index contributed by atoms with van der Waals surface area (Å²) in [7, 11) is 0. The second kappa shape index (κ2) is 6.85. The predicted molar refractivity (Wildman–Crippen MR) is 106 cm³/mol. The highest BCUT2D eigenvalue weighted by atomic mass is 16.3. The Bertz CT molecular complexity index is 1090. The Labute approximate surface area is 162 Å². The van der Waals surface area contributed by atoms with Gasteiger partial charge in [0, 0.05) is 17.3 Å². The number of phenols is 2. The molecular formula is C23H19NO4. The van der Waals surface area contributed by atoms with E-state index in [2.05, 4.69) is 5.32 Å². The van der Waals surface area contributed by atoms with Crippen LogP contribution >= 0.6 is 0 Å². The number of carbonyl (C=O) groups is 2. The average molecular weight is 373 g/mol. The van der Waals surface area contributed by atoms with Crippen LogP contribution in [0.3, 0.4) is 0 Å². The Balaban J connectivity index is 1.75. The Kier molecular flexibility index (Phi) is 4.35. The van der Waals surface area contributed by atoms with Crippen LogP contribution < -0.4 is 5.32 Å². The van der Waals surface area contributed by atoms with Gasteiger partial charge >= 0.3 is 0 Å². The van der Waals surface area contributed by atoms with E-state index in [0.717, 1.165) is 12.0 Å². The van der Waals surface area contributed by atoms with E-state index < -0.39 is 11.6 Å². The van der Waals surface area contributed by atoms with Crippen molar-refractivity contribution in [3.63, 3.8) is 0 Å². The minimum Gasteiger partial charge on any atom is -0.507 e. The van der Waals surface area contributed by atoms with Gasteiger partial charge in [-0.25, -0.2) is 0 Å². The van der Waals surface area contributed by atoms with Crippen LogP contribution in [0.2, 0.25) is 0 Å². The van der Waals surface area contributed by atoms with E-state index in [9.17, 15) is 19.8 Å². The SMILES string of the molecule is C[C@@H](Cc1ccccc1)Nc1ccc(O)c2c1C(=O)c1c(O)cccc1C2=O. The van der Waals surface area contributed by atoms with Gasteiger partial charge in [0.1, 0.15) is 11.5 Å². The van der Waals surface area contributed by atoms with Crippen LogP contribution in [-0.2, 0) is 6.42 Å². The number of hydrogen-bond donors (Lipinski definition) is 3. The molecule has 0 aromatic heterocycles. The number of anilines is 1. The molecule has 4 rings (SSSR count). The molecule has 3 aromatic carbocycles. The zero-order chi connectivity index (χ0) is 19.8. The number of ketones is 2. The van der Waals surface area contributed by atoms with Crippen molar-refractivity contribution in [2.45, 2.75) is 19.4 Å². The minimum atomic E-state index is -0.479. The molecule has 5 heteroatoms. The maximum atomic E-state index is 13.1. The largest absolute Gasteiger partial charge is 0.507 e. The number of phenolic OH excluding ortho intramolecular Hbond substituents is 2. The lowest BCUT2D eigenvalue weighted by atomic mass is 9.82. The summed E-state index contributed by atoms with van der Waals surface area (Å²) in [5, 5.41) is 23.7. The molecule has 1 atom stereocenters. The highest BCUT2D eigenvalue weighted by Crippen LogP contribution is 2.39. The standard InChI is InChI=1S/C23H19NO4/c1-13(12-14-6-3-2-4-7-14)24-16-10-11-18(26)21-20(16)23(28)19-15(22(21)27)8-5-9-17(19)25/h2-11,13,24-26H,12H2,1H3/t13-/m0/s1. The van der Waals surface area contributed by atoms with Crippen molar-refractivity contribution in [2.75, 3.05) is 5.32 Å². The van der Waals surface area contributed by atoms with E-state index >= 15 is 0 Å². The van der Waals surface area contributed by atoms with Crippen molar-refractivity contribution >= 4 is 17.3 Å². The average Bonchev–Trinajstić information content (AvgIpc) is 2.68. The molecule has 0 fully saturated rings. The second-order valence-electron chi connectivity index (χ2n) is 6.98. The molecule has 140 valence electrons. The van der Waals surface area contributed by atoms with Crippen molar-refractivity contribution in [3.05, 3.63) is 88.5 Å². The van der Waals surface area contributed by atoms with Gasteiger partial charge in [-0.05, 0) is 37.1 Å². The smallest absolute Gasteiger partial charge is 0.200 e. The molecule has 0 saturated carbocycles. The van der Waals surface area contributed by atoms with Gasteiger partial charge in [-0.2, -0.15) is 0 Å². The Morgan fingerprint density at radius 1 is 0.786 bits per heavy atom. The molecule has 0 amide bonds. The minimum absolute atomic E-state index is 0.0234. The lowest BCUT2D eigenvalue weighted by Gasteiger charge is -2.24. The Morgan fingerprint density at radius 3 is 2.25 bits per heavy atom. The zero-order valence-corrected chi connectivity index (χ0v) is 15.3. The van der Waals surface area contributed by atoms with Gasteiger partial charge in [-0.3, -0.25) is 9.59 Å². The van der Waals surface area contributed by atoms with Crippen LogP contribution in [-0.4, -0.2) is 27.8 Å². The molecule has 0 aliphatic heterocycles. The number of nitrogens with one attached hydrogen (secondary N) is 1. The van der Waals surface area contributed by atoms with E-state index in [1.165, 1.54) is 24.3 Å². The fourth-order valence-electron chi connectivity index (χ4n) is 3.69. The Morgan fingerprint density at radius 2 is 1.50 bits per heavy atom. The van der Waals surface area contributed by atoms with Crippen molar-refractivity contribution in [2.24, 2.45) is 0 Å². The highest BCUT2D eigenvalue weighted by Gasteiger charge is 2.36. The monoisotopic (exact) mass is 373 g/mol. The first kappa shape index (κ1) is 17.8. The number of aromatic hydroxyl groups is 2. The van der Waals surface area contributed by atoms with Gasteiger partial charge < -0.3 is 15.5 Å². The first-order valence-electron chi connectivity index (χ1n) is 9.05. The second-order valence-corrected chi connectivity index (χ2v) is 6.98. The lowest BCUT2D eigenvalue weighted by Crippen LogP contribution is -2.25. The van der Waals surface area contributed by atoms with Gasteiger partial charge in [-0.1, -0.05) is 42.5 Å². The zero-order valence-electron chi connectivity index (χ0n) is 15.3. The number of rotatable bonds is 4. The van der Waals surface area contributed by atoms with Gasteiger partial charge in [0.15, 0.2) is 11.6 Å². The molecule has 3 aromatic rings. The molecule has 0 saturated heterocycles. The molecular weight excluding hydrogens is 354 g/mol. The van der Waals surface area contributed by atoms with Gasteiger partial charge in [0.05, 0.1) is 16.7 Å². The number of carbonyl (C=O) groups excluding carboxylic acids is 2. The summed E-state index contributed by atoms with van der Waals surface area (Å²) in [6.45, 7) is 1.98. The van der Waals surface area contributed by atoms with Crippen molar-refractivity contribution in [1.82, 2.24) is 0 Å². The number of fused-ring (bicyclic) bond motifs is 2. The van der Waals surface area contributed by atoms with E-state index in [1.54, 1.807) is 6.07 Å². The van der Waals surface area contributed by atoms with Crippen LogP contribution in [0.5, 0.6) is 11.5 Å². The molecule has 1 aliphatic carbocycles. The van der Waals surface area contributed by atoms with Crippen molar-refractivity contribution < 1.29 is 19.8 Å². The maximum Gasteiger partial charge on any atom is 0.200 e. The summed E-state index contributed by atoms with van der Waals surface area (Å²) in [6, 6.07) is 17.3. The third-order valence-corrected chi connectivity index (χ3v) is 4.94. The third-order valence-electron chi connectivity index (χ3n) is 4.94. The quantitative estimate of drug-likeness (QED) is 0.472. The van der Waals surface area contributed by atoms with E-state index in [1.807, 2.05) is 37.3 Å². The van der Waals surface area contributed by atoms with E-state index in [0.29, 0.717) is 5.69 Å². The fraction of sp³-hybridized carbons (Fsp3) is 0.130.